The Morgan fingerprint density at radius 1 is 1.08 bits per heavy atom. The highest BCUT2D eigenvalue weighted by molar-refractivity contribution is 6.43. The maximum Gasteiger partial charge on any atom is 0.407 e. The van der Waals surface area contributed by atoms with Crippen LogP contribution >= 0.6 is 34.8 Å². The van der Waals surface area contributed by atoms with Gasteiger partial charge in [-0.2, -0.15) is 0 Å². The summed E-state index contributed by atoms with van der Waals surface area (Å²) in [6, 6.07) is 11.2. The summed E-state index contributed by atoms with van der Waals surface area (Å²) in [5.74, 6) is 0. The van der Waals surface area contributed by atoms with E-state index in [1.165, 1.54) is 4.90 Å². The topological polar surface area (TPSA) is 80.5 Å². The third-order valence-electron chi connectivity index (χ3n) is 6.53. The third-order valence-corrected chi connectivity index (χ3v) is 7.71. The number of carbonyl (C=O) groups is 1. The number of rotatable bonds is 5. The number of ether oxygens (including phenoxy) is 1. The SMILES string of the molecule is Cn1cc(CN(C(=O)O)C2CCOCC2)c2ccc(-c3cccc(-c4ccnc(Cl)c4Cl)c3Cl)nc21. The van der Waals surface area contributed by atoms with Crippen LogP contribution < -0.4 is 0 Å². The van der Waals surface area contributed by atoms with E-state index in [1.807, 2.05) is 48.1 Å². The highest BCUT2D eigenvalue weighted by Gasteiger charge is 2.27. The van der Waals surface area contributed by atoms with Gasteiger partial charge in [0.05, 0.1) is 22.3 Å². The van der Waals surface area contributed by atoms with Crippen molar-refractivity contribution in [3.05, 3.63) is 69.6 Å². The number of hydrogen-bond acceptors (Lipinski definition) is 4. The molecular formula is C26H23Cl3N4O3. The smallest absolute Gasteiger partial charge is 0.407 e. The molecule has 10 heteroatoms. The van der Waals surface area contributed by atoms with Gasteiger partial charge in [-0.25, -0.2) is 14.8 Å². The molecule has 0 unspecified atom stereocenters. The number of fused-ring (bicyclic) bond motifs is 1. The van der Waals surface area contributed by atoms with E-state index in [0.717, 1.165) is 27.7 Å². The van der Waals surface area contributed by atoms with Crippen molar-refractivity contribution in [3.63, 3.8) is 0 Å². The molecule has 0 atom stereocenters. The zero-order chi connectivity index (χ0) is 25.4. The molecule has 4 aromatic rings. The number of benzene rings is 1. The van der Waals surface area contributed by atoms with Gasteiger partial charge in [-0.3, -0.25) is 0 Å². The second-order valence-corrected chi connectivity index (χ2v) is 9.83. The van der Waals surface area contributed by atoms with Gasteiger partial charge in [0.15, 0.2) is 0 Å². The van der Waals surface area contributed by atoms with Crippen LogP contribution in [0.25, 0.3) is 33.4 Å². The lowest BCUT2D eigenvalue weighted by Crippen LogP contribution is -2.42. The van der Waals surface area contributed by atoms with Crippen molar-refractivity contribution in [2.45, 2.75) is 25.4 Å². The van der Waals surface area contributed by atoms with Crippen LogP contribution in [0.15, 0.2) is 48.8 Å². The second kappa shape index (κ2) is 10.3. The largest absolute Gasteiger partial charge is 0.465 e. The lowest BCUT2D eigenvalue weighted by molar-refractivity contribution is 0.0333. The molecule has 0 saturated carbocycles. The van der Waals surface area contributed by atoms with Crippen molar-refractivity contribution in [1.82, 2.24) is 19.4 Å². The highest BCUT2D eigenvalue weighted by atomic mass is 35.5. The molecule has 7 nitrogen and oxygen atoms in total. The molecule has 1 aromatic carbocycles. The molecule has 186 valence electrons. The van der Waals surface area contributed by atoms with E-state index in [1.54, 1.807) is 12.3 Å². The molecule has 36 heavy (non-hydrogen) atoms. The molecule has 4 heterocycles. The normalized spacial score (nSPS) is 14.3. The first-order valence-corrected chi connectivity index (χ1v) is 12.6. The van der Waals surface area contributed by atoms with Crippen LogP contribution in [0, 0.1) is 0 Å². The summed E-state index contributed by atoms with van der Waals surface area (Å²) in [5.41, 5.74) is 4.50. The Kier molecular flexibility index (Phi) is 7.08. The lowest BCUT2D eigenvalue weighted by Gasteiger charge is -2.32. The van der Waals surface area contributed by atoms with E-state index in [4.69, 9.17) is 44.5 Å². The monoisotopic (exact) mass is 544 g/mol. The molecule has 0 radical (unpaired) electrons. The fraction of sp³-hybridized carbons (Fsp3) is 0.269. The molecule has 1 fully saturated rings. The number of aryl methyl sites for hydroxylation is 1. The zero-order valence-electron chi connectivity index (χ0n) is 19.4. The van der Waals surface area contributed by atoms with Crippen LogP contribution in [0.2, 0.25) is 15.2 Å². The van der Waals surface area contributed by atoms with Crippen LogP contribution in [0.4, 0.5) is 4.79 Å². The summed E-state index contributed by atoms with van der Waals surface area (Å²) >= 11 is 19.3. The molecule has 0 aliphatic carbocycles. The Morgan fingerprint density at radius 3 is 2.56 bits per heavy atom. The van der Waals surface area contributed by atoms with Gasteiger partial charge in [0.25, 0.3) is 0 Å². The summed E-state index contributed by atoms with van der Waals surface area (Å²) in [5, 5.41) is 11.8. The highest BCUT2D eigenvalue weighted by Crippen LogP contribution is 2.40. The average Bonchev–Trinajstić information content (AvgIpc) is 3.19. The van der Waals surface area contributed by atoms with E-state index in [9.17, 15) is 9.90 Å². The standard InChI is InChI=1S/C26H23Cl3N4O3/c1-32-13-15(14-33(26(34)35)16-8-11-36-12-9-16)17-5-6-21(31-25(17)32)20-4-2-3-18(22(20)27)19-7-10-30-24(29)23(19)28/h2-7,10,13,16H,8-9,11-12,14H2,1H3,(H,34,35). The molecule has 5 rings (SSSR count). The number of nitrogens with zero attached hydrogens (tertiary/aromatic N) is 4. The van der Waals surface area contributed by atoms with Crippen molar-refractivity contribution in [1.29, 1.82) is 0 Å². The Balaban J connectivity index is 1.52. The van der Waals surface area contributed by atoms with E-state index in [0.29, 0.717) is 47.4 Å². The van der Waals surface area contributed by atoms with Crippen molar-refractivity contribution in [2.24, 2.45) is 7.05 Å². The summed E-state index contributed by atoms with van der Waals surface area (Å²) in [6.07, 6.45) is 3.99. The average molecular weight is 546 g/mol. The van der Waals surface area contributed by atoms with E-state index < -0.39 is 6.09 Å². The van der Waals surface area contributed by atoms with E-state index in [-0.39, 0.29) is 17.7 Å². The minimum atomic E-state index is -0.929. The Hall–Kier alpha value is -2.84. The molecule has 1 amide bonds. The number of amides is 1. The van der Waals surface area contributed by atoms with Crippen molar-refractivity contribution < 1.29 is 14.6 Å². The van der Waals surface area contributed by atoms with Crippen LogP contribution in [0.1, 0.15) is 18.4 Å². The molecule has 0 spiro atoms. The zero-order valence-corrected chi connectivity index (χ0v) is 21.7. The Morgan fingerprint density at radius 2 is 1.81 bits per heavy atom. The van der Waals surface area contributed by atoms with Gasteiger partial charge in [-0.05, 0) is 36.6 Å². The number of halogens is 3. The Bertz CT molecular complexity index is 1450. The van der Waals surface area contributed by atoms with E-state index >= 15 is 0 Å². The number of hydrogen-bond donors (Lipinski definition) is 1. The molecule has 1 saturated heterocycles. The first-order valence-electron chi connectivity index (χ1n) is 11.5. The maximum absolute atomic E-state index is 12.0. The van der Waals surface area contributed by atoms with Gasteiger partial charge in [-0.1, -0.05) is 53.0 Å². The summed E-state index contributed by atoms with van der Waals surface area (Å²) in [7, 11) is 1.90. The third kappa shape index (κ3) is 4.64. The van der Waals surface area contributed by atoms with Gasteiger partial charge in [0.1, 0.15) is 10.8 Å². The minimum Gasteiger partial charge on any atom is -0.465 e. The first kappa shape index (κ1) is 24.8. The summed E-state index contributed by atoms with van der Waals surface area (Å²) in [6.45, 7) is 1.44. The van der Waals surface area contributed by atoms with E-state index in [2.05, 4.69) is 4.98 Å². The van der Waals surface area contributed by atoms with Crippen LogP contribution in [0.5, 0.6) is 0 Å². The van der Waals surface area contributed by atoms with Gasteiger partial charge in [0, 0.05) is 60.8 Å². The molecule has 1 aliphatic heterocycles. The van der Waals surface area contributed by atoms with Crippen molar-refractivity contribution in [3.8, 4) is 22.4 Å². The second-order valence-electron chi connectivity index (χ2n) is 8.72. The van der Waals surface area contributed by atoms with Crippen molar-refractivity contribution in [2.75, 3.05) is 13.2 Å². The maximum atomic E-state index is 12.0. The molecule has 1 N–H and O–H groups in total. The summed E-state index contributed by atoms with van der Waals surface area (Å²) in [4.78, 5) is 22.5. The number of pyridine rings is 2. The molecule has 3 aromatic heterocycles. The predicted octanol–water partition coefficient (Wildman–Crippen LogP) is 6.92. The number of aromatic nitrogens is 3. The van der Waals surface area contributed by atoms with Crippen LogP contribution in [0.3, 0.4) is 0 Å². The number of carboxylic acid groups (broad SMARTS) is 1. The molecule has 0 bridgehead atoms. The lowest BCUT2D eigenvalue weighted by atomic mass is 10.0. The molecular weight excluding hydrogens is 523 g/mol. The van der Waals surface area contributed by atoms with Gasteiger partial charge < -0.3 is 19.3 Å². The quantitative estimate of drug-likeness (QED) is 0.275. The predicted molar refractivity (Wildman–Crippen MR) is 142 cm³/mol. The first-order chi connectivity index (χ1) is 17.3. The fourth-order valence-electron chi connectivity index (χ4n) is 4.71. The van der Waals surface area contributed by atoms with Crippen LogP contribution in [-0.2, 0) is 18.3 Å². The van der Waals surface area contributed by atoms with Crippen molar-refractivity contribution >= 4 is 51.9 Å². The Labute approximate surface area is 223 Å². The fourth-order valence-corrected chi connectivity index (χ4v) is 5.40. The minimum absolute atomic E-state index is 0.0613. The van der Waals surface area contributed by atoms with Gasteiger partial charge in [-0.15, -0.1) is 0 Å². The van der Waals surface area contributed by atoms with Gasteiger partial charge >= 0.3 is 6.09 Å². The molecule has 1 aliphatic rings. The van der Waals surface area contributed by atoms with Gasteiger partial charge in [0.2, 0.25) is 0 Å². The summed E-state index contributed by atoms with van der Waals surface area (Å²) < 4.78 is 7.32. The van der Waals surface area contributed by atoms with Crippen LogP contribution in [-0.4, -0.2) is 49.9 Å².